The van der Waals surface area contributed by atoms with E-state index >= 15 is 0 Å². The second-order valence-electron chi connectivity index (χ2n) is 3.08. The highest BCUT2D eigenvalue weighted by molar-refractivity contribution is 5.42. The molecule has 1 aliphatic rings. The second-order valence-corrected chi connectivity index (χ2v) is 3.08. The summed E-state index contributed by atoms with van der Waals surface area (Å²) in [5.41, 5.74) is 6.57. The van der Waals surface area contributed by atoms with Crippen molar-refractivity contribution in [1.82, 2.24) is 5.32 Å². The van der Waals surface area contributed by atoms with E-state index in [-0.39, 0.29) is 11.5 Å². The maximum absolute atomic E-state index is 12.9. The van der Waals surface area contributed by atoms with Crippen LogP contribution in [0.2, 0.25) is 0 Å². The highest BCUT2D eigenvalue weighted by Gasteiger charge is 2.18. The molecule has 0 aliphatic carbocycles. The fraction of sp³-hybridized carbons (Fsp3) is 0.333. The number of hydrogen-bond acceptors (Lipinski definition) is 2. The predicted octanol–water partition coefficient (Wildman–Crippen LogP) is 1.44. The molecule has 1 aliphatic heterocycles. The quantitative estimate of drug-likeness (QED) is 0.619. The maximum Gasteiger partial charge on any atom is 0.146 e. The Morgan fingerprint density at radius 2 is 2.25 bits per heavy atom. The largest absolute Gasteiger partial charge is 0.396 e. The first-order valence-electron chi connectivity index (χ1n) is 4.05. The third-order valence-electron chi connectivity index (χ3n) is 2.25. The Hall–Kier alpha value is -1.09. The van der Waals surface area contributed by atoms with Gasteiger partial charge in [-0.3, -0.25) is 0 Å². The third kappa shape index (κ3) is 1.16. The fourth-order valence-corrected chi connectivity index (χ4v) is 1.33. The average Bonchev–Trinajstić information content (AvgIpc) is 1.93. The maximum atomic E-state index is 12.9. The second kappa shape index (κ2) is 2.75. The Morgan fingerprint density at radius 1 is 1.50 bits per heavy atom. The Balaban J connectivity index is 2.27. The van der Waals surface area contributed by atoms with E-state index in [1.54, 1.807) is 6.07 Å². The number of rotatable bonds is 1. The van der Waals surface area contributed by atoms with E-state index in [1.165, 1.54) is 6.07 Å². The summed E-state index contributed by atoms with van der Waals surface area (Å²) < 4.78 is 12.9. The van der Waals surface area contributed by atoms with Gasteiger partial charge in [0.15, 0.2) is 0 Å². The molecular formula is C9H11FN2. The van der Waals surface area contributed by atoms with Gasteiger partial charge < -0.3 is 11.1 Å². The minimum absolute atomic E-state index is 0.220. The first-order chi connectivity index (χ1) is 5.77. The summed E-state index contributed by atoms with van der Waals surface area (Å²) in [5, 5.41) is 3.20. The summed E-state index contributed by atoms with van der Waals surface area (Å²) in [7, 11) is 0. The van der Waals surface area contributed by atoms with Crippen molar-refractivity contribution >= 4 is 5.69 Å². The van der Waals surface area contributed by atoms with Gasteiger partial charge in [0, 0.05) is 6.04 Å². The molecule has 0 saturated carbocycles. The molecule has 0 bridgehead atoms. The third-order valence-corrected chi connectivity index (χ3v) is 2.25. The van der Waals surface area contributed by atoms with Crippen molar-refractivity contribution < 1.29 is 4.39 Å². The van der Waals surface area contributed by atoms with Crippen molar-refractivity contribution in [3.05, 3.63) is 29.6 Å². The zero-order valence-electron chi connectivity index (χ0n) is 6.68. The Kier molecular flexibility index (Phi) is 1.73. The van der Waals surface area contributed by atoms with Gasteiger partial charge in [-0.25, -0.2) is 4.39 Å². The van der Waals surface area contributed by atoms with Crippen LogP contribution in [0.3, 0.4) is 0 Å². The van der Waals surface area contributed by atoms with Crippen LogP contribution in [0, 0.1) is 5.82 Å². The lowest BCUT2D eigenvalue weighted by molar-refractivity contribution is 0.382. The standard InChI is InChI=1S/C9H11FN2/c10-7-5-6(1-2-8(7)11)9-3-4-12-9/h1-2,5,9,12H,3-4,11H2/t9-/m1/s1. The number of anilines is 1. The van der Waals surface area contributed by atoms with Crippen molar-refractivity contribution in [3.63, 3.8) is 0 Å². The lowest BCUT2D eigenvalue weighted by Gasteiger charge is -2.28. The van der Waals surface area contributed by atoms with Crippen molar-refractivity contribution in [2.75, 3.05) is 12.3 Å². The van der Waals surface area contributed by atoms with Crippen molar-refractivity contribution in [3.8, 4) is 0 Å². The number of nitrogen functional groups attached to an aromatic ring is 1. The number of nitrogens with two attached hydrogens (primary N) is 1. The van der Waals surface area contributed by atoms with E-state index in [4.69, 9.17) is 5.73 Å². The number of hydrogen-bond donors (Lipinski definition) is 2. The van der Waals surface area contributed by atoms with E-state index in [0.717, 1.165) is 18.5 Å². The minimum atomic E-state index is -0.318. The molecule has 0 amide bonds. The molecule has 0 aromatic heterocycles. The van der Waals surface area contributed by atoms with Crippen molar-refractivity contribution in [2.24, 2.45) is 0 Å². The Bertz CT molecular complexity index is 295. The molecule has 1 aromatic rings. The van der Waals surface area contributed by atoms with Crippen LogP contribution >= 0.6 is 0 Å². The van der Waals surface area contributed by atoms with Crippen LogP contribution in [0.25, 0.3) is 0 Å². The summed E-state index contributed by atoms with van der Waals surface area (Å²) >= 11 is 0. The van der Waals surface area contributed by atoms with E-state index in [1.807, 2.05) is 6.07 Å². The highest BCUT2D eigenvalue weighted by Crippen LogP contribution is 2.24. The SMILES string of the molecule is Nc1ccc([C@H]2CCN2)cc1F. The molecule has 1 aromatic carbocycles. The van der Waals surface area contributed by atoms with E-state index < -0.39 is 0 Å². The van der Waals surface area contributed by atoms with Crippen LogP contribution in [-0.4, -0.2) is 6.54 Å². The molecular weight excluding hydrogens is 155 g/mol. The van der Waals surface area contributed by atoms with Gasteiger partial charge in [-0.1, -0.05) is 6.07 Å². The molecule has 0 unspecified atom stereocenters. The monoisotopic (exact) mass is 166 g/mol. The molecule has 3 heteroatoms. The van der Waals surface area contributed by atoms with Crippen LogP contribution in [0.4, 0.5) is 10.1 Å². The molecule has 1 atom stereocenters. The molecule has 2 nitrogen and oxygen atoms in total. The van der Waals surface area contributed by atoms with Crippen molar-refractivity contribution in [1.29, 1.82) is 0 Å². The van der Waals surface area contributed by atoms with E-state index in [9.17, 15) is 4.39 Å². The summed E-state index contributed by atoms with van der Waals surface area (Å²) in [6, 6.07) is 5.33. The summed E-state index contributed by atoms with van der Waals surface area (Å²) in [6.07, 6.45) is 1.09. The predicted molar refractivity (Wildman–Crippen MR) is 46.2 cm³/mol. The minimum Gasteiger partial charge on any atom is -0.396 e. The van der Waals surface area contributed by atoms with Crippen LogP contribution in [0.15, 0.2) is 18.2 Å². The molecule has 0 radical (unpaired) electrons. The van der Waals surface area contributed by atoms with Gasteiger partial charge in [-0.2, -0.15) is 0 Å². The average molecular weight is 166 g/mol. The topological polar surface area (TPSA) is 38.0 Å². The van der Waals surface area contributed by atoms with Gasteiger partial charge in [0.05, 0.1) is 5.69 Å². The lowest BCUT2D eigenvalue weighted by atomic mass is 9.98. The number of benzene rings is 1. The van der Waals surface area contributed by atoms with Gasteiger partial charge >= 0.3 is 0 Å². The van der Waals surface area contributed by atoms with Crippen LogP contribution in [-0.2, 0) is 0 Å². The van der Waals surface area contributed by atoms with Gasteiger partial charge in [0.25, 0.3) is 0 Å². The first kappa shape index (κ1) is 7.55. The molecule has 64 valence electrons. The first-order valence-corrected chi connectivity index (χ1v) is 4.05. The molecule has 1 saturated heterocycles. The van der Waals surface area contributed by atoms with Gasteiger partial charge in [-0.05, 0) is 30.7 Å². The van der Waals surface area contributed by atoms with Gasteiger partial charge in [-0.15, -0.1) is 0 Å². The molecule has 3 N–H and O–H groups in total. The van der Waals surface area contributed by atoms with Crippen molar-refractivity contribution in [2.45, 2.75) is 12.5 Å². The van der Waals surface area contributed by atoms with Gasteiger partial charge in [0.1, 0.15) is 5.82 Å². The zero-order chi connectivity index (χ0) is 8.55. The van der Waals surface area contributed by atoms with E-state index in [2.05, 4.69) is 5.32 Å². The number of halogens is 1. The molecule has 2 rings (SSSR count). The highest BCUT2D eigenvalue weighted by atomic mass is 19.1. The fourth-order valence-electron chi connectivity index (χ4n) is 1.33. The van der Waals surface area contributed by atoms with E-state index in [0.29, 0.717) is 6.04 Å². The molecule has 12 heavy (non-hydrogen) atoms. The van der Waals surface area contributed by atoms with Crippen LogP contribution < -0.4 is 11.1 Å². The smallest absolute Gasteiger partial charge is 0.146 e. The number of nitrogens with one attached hydrogen (secondary N) is 1. The molecule has 0 spiro atoms. The summed E-state index contributed by atoms with van der Waals surface area (Å²) in [6.45, 7) is 1.02. The van der Waals surface area contributed by atoms with Crippen LogP contribution in [0.1, 0.15) is 18.0 Å². The molecule has 1 heterocycles. The Labute approximate surface area is 70.6 Å². The molecule has 1 fully saturated rings. The normalized spacial score (nSPS) is 21.9. The zero-order valence-corrected chi connectivity index (χ0v) is 6.68. The Morgan fingerprint density at radius 3 is 2.75 bits per heavy atom. The summed E-state index contributed by atoms with van der Waals surface area (Å²) in [4.78, 5) is 0. The van der Waals surface area contributed by atoms with Crippen LogP contribution in [0.5, 0.6) is 0 Å². The lowest BCUT2D eigenvalue weighted by Crippen LogP contribution is -2.34. The summed E-state index contributed by atoms with van der Waals surface area (Å²) in [5.74, 6) is -0.318. The van der Waals surface area contributed by atoms with Gasteiger partial charge in [0.2, 0.25) is 0 Å².